The molecule has 0 saturated carbocycles. The van der Waals surface area contributed by atoms with Crippen LogP contribution in [-0.2, 0) is 4.74 Å². The van der Waals surface area contributed by atoms with Crippen LogP contribution in [0, 0.1) is 0 Å². The first kappa shape index (κ1) is 17.4. The van der Waals surface area contributed by atoms with Crippen molar-refractivity contribution in [1.82, 2.24) is 19.8 Å². The Morgan fingerprint density at radius 1 is 1.11 bits per heavy atom. The minimum atomic E-state index is -0.0435. The van der Waals surface area contributed by atoms with Crippen LogP contribution in [0.4, 0.5) is 0 Å². The predicted octanol–water partition coefficient (Wildman–Crippen LogP) is 2.59. The Morgan fingerprint density at radius 3 is 2.89 bits per heavy atom. The molecule has 4 heterocycles. The van der Waals surface area contributed by atoms with Gasteiger partial charge in [0.1, 0.15) is 0 Å². The van der Waals surface area contributed by atoms with Gasteiger partial charge in [-0.3, -0.25) is 9.69 Å². The van der Waals surface area contributed by atoms with E-state index in [1.807, 2.05) is 59.4 Å². The lowest BCUT2D eigenvalue weighted by molar-refractivity contribution is 0.0916. The lowest BCUT2D eigenvalue weighted by atomic mass is 10.0. The fraction of sp³-hybridized carbons (Fsp3) is 0.364. The van der Waals surface area contributed by atoms with Crippen LogP contribution in [0.1, 0.15) is 23.2 Å². The molecule has 1 N–H and O–H groups in total. The second-order valence-electron chi connectivity index (χ2n) is 7.60. The molecule has 2 fully saturated rings. The molecule has 6 heteroatoms. The summed E-state index contributed by atoms with van der Waals surface area (Å²) in [5, 5.41) is 7.61. The third-order valence-corrected chi connectivity index (χ3v) is 5.84. The van der Waals surface area contributed by atoms with E-state index in [1.54, 1.807) is 0 Å². The highest BCUT2D eigenvalue weighted by molar-refractivity contribution is 5.96. The zero-order valence-electron chi connectivity index (χ0n) is 15.8. The third kappa shape index (κ3) is 3.19. The molecule has 28 heavy (non-hydrogen) atoms. The van der Waals surface area contributed by atoms with Crippen molar-refractivity contribution in [2.45, 2.75) is 24.9 Å². The van der Waals surface area contributed by atoms with E-state index >= 15 is 0 Å². The lowest BCUT2D eigenvalue weighted by Gasteiger charge is -2.27. The lowest BCUT2D eigenvalue weighted by Crippen LogP contribution is -2.50. The molecular formula is C22H24N4O2. The largest absolute Gasteiger partial charge is 0.378 e. The van der Waals surface area contributed by atoms with Gasteiger partial charge in [-0.25, -0.2) is 4.52 Å². The highest BCUT2D eigenvalue weighted by Crippen LogP contribution is 2.25. The quantitative estimate of drug-likeness (QED) is 0.760. The number of fused-ring (bicyclic) bond motifs is 1. The van der Waals surface area contributed by atoms with Gasteiger partial charge in [-0.2, -0.15) is 5.10 Å². The number of carbonyl (C=O) groups excluding carboxylic acids is 1. The molecule has 2 atom stereocenters. The van der Waals surface area contributed by atoms with Gasteiger partial charge in [-0.15, -0.1) is 0 Å². The molecule has 1 amide bonds. The first-order valence-corrected chi connectivity index (χ1v) is 9.95. The molecule has 0 spiro atoms. The van der Waals surface area contributed by atoms with Gasteiger partial charge in [0.2, 0.25) is 0 Å². The van der Waals surface area contributed by atoms with Crippen LogP contribution in [0.15, 0.2) is 54.9 Å². The Labute approximate surface area is 164 Å². The Hall–Kier alpha value is -2.70. The standard InChI is InChI=1S/C22H24N4O2/c27-22(24-19-14-28-15-21(19)25-9-3-4-10-25)17-7-5-6-16(12-17)18-13-23-26-11-2-1-8-20(18)26/h1-2,5-8,11-13,19,21H,3-4,9-10,14-15H2,(H,24,27)/t19-,21-/m0/s1. The molecule has 2 aliphatic rings. The highest BCUT2D eigenvalue weighted by Gasteiger charge is 2.35. The number of nitrogens with zero attached hydrogens (tertiary/aromatic N) is 3. The number of hydrogen-bond donors (Lipinski definition) is 1. The monoisotopic (exact) mass is 376 g/mol. The molecular weight excluding hydrogens is 352 g/mol. The number of carbonyl (C=O) groups is 1. The number of rotatable bonds is 4. The van der Waals surface area contributed by atoms with Crippen LogP contribution in [0.25, 0.3) is 16.6 Å². The predicted molar refractivity (Wildman–Crippen MR) is 107 cm³/mol. The van der Waals surface area contributed by atoms with Gasteiger partial charge < -0.3 is 10.1 Å². The van der Waals surface area contributed by atoms with Gasteiger partial charge in [0.25, 0.3) is 5.91 Å². The minimum absolute atomic E-state index is 0.0435. The van der Waals surface area contributed by atoms with E-state index in [0.29, 0.717) is 18.8 Å². The smallest absolute Gasteiger partial charge is 0.251 e. The number of hydrogen-bond acceptors (Lipinski definition) is 4. The average molecular weight is 376 g/mol. The Balaban J connectivity index is 1.36. The molecule has 6 nitrogen and oxygen atoms in total. The van der Waals surface area contributed by atoms with E-state index < -0.39 is 0 Å². The van der Waals surface area contributed by atoms with Gasteiger partial charge >= 0.3 is 0 Å². The van der Waals surface area contributed by atoms with Crippen molar-refractivity contribution in [2.75, 3.05) is 26.3 Å². The molecule has 0 aliphatic carbocycles. The van der Waals surface area contributed by atoms with E-state index in [0.717, 1.165) is 29.7 Å². The average Bonchev–Trinajstić information content (AvgIpc) is 3.48. The Kier molecular flexibility index (Phi) is 4.58. The summed E-state index contributed by atoms with van der Waals surface area (Å²) in [4.78, 5) is 15.4. The van der Waals surface area contributed by atoms with Gasteiger partial charge in [-0.05, 0) is 55.8 Å². The van der Waals surface area contributed by atoms with Crippen molar-refractivity contribution in [3.05, 3.63) is 60.4 Å². The third-order valence-electron chi connectivity index (χ3n) is 5.84. The van der Waals surface area contributed by atoms with Crippen LogP contribution in [0.5, 0.6) is 0 Å². The minimum Gasteiger partial charge on any atom is -0.378 e. The van der Waals surface area contributed by atoms with E-state index in [4.69, 9.17) is 4.74 Å². The summed E-state index contributed by atoms with van der Waals surface area (Å²) in [7, 11) is 0. The summed E-state index contributed by atoms with van der Waals surface area (Å²) in [6.45, 7) is 3.49. The molecule has 2 aliphatic heterocycles. The van der Waals surface area contributed by atoms with Crippen LogP contribution in [0.2, 0.25) is 0 Å². The molecule has 1 aromatic carbocycles. The fourth-order valence-electron chi connectivity index (χ4n) is 4.35. The summed E-state index contributed by atoms with van der Waals surface area (Å²) < 4.78 is 7.53. The molecule has 0 unspecified atom stereocenters. The fourth-order valence-corrected chi connectivity index (χ4v) is 4.35. The number of nitrogens with one attached hydrogen (secondary N) is 1. The second kappa shape index (κ2) is 7.37. The molecule has 144 valence electrons. The number of pyridine rings is 1. The molecule has 2 aromatic heterocycles. The maximum absolute atomic E-state index is 12.9. The number of likely N-dealkylation sites (tertiary alicyclic amines) is 1. The molecule has 0 radical (unpaired) electrons. The molecule has 5 rings (SSSR count). The van der Waals surface area contributed by atoms with E-state index in [9.17, 15) is 4.79 Å². The van der Waals surface area contributed by atoms with Gasteiger partial charge in [0.05, 0.1) is 37.0 Å². The summed E-state index contributed by atoms with van der Waals surface area (Å²) in [5.74, 6) is -0.0435. The maximum Gasteiger partial charge on any atom is 0.251 e. The van der Waals surface area contributed by atoms with Gasteiger partial charge in [0.15, 0.2) is 0 Å². The van der Waals surface area contributed by atoms with Crippen LogP contribution in [0.3, 0.4) is 0 Å². The van der Waals surface area contributed by atoms with Crippen molar-refractivity contribution in [1.29, 1.82) is 0 Å². The van der Waals surface area contributed by atoms with Crippen molar-refractivity contribution in [3.63, 3.8) is 0 Å². The number of amides is 1. The second-order valence-corrected chi connectivity index (χ2v) is 7.60. The topological polar surface area (TPSA) is 58.9 Å². The number of aromatic nitrogens is 2. The van der Waals surface area contributed by atoms with Crippen LogP contribution < -0.4 is 5.32 Å². The zero-order valence-corrected chi connectivity index (χ0v) is 15.8. The van der Waals surface area contributed by atoms with Crippen LogP contribution in [-0.4, -0.2) is 58.8 Å². The Morgan fingerprint density at radius 2 is 2.00 bits per heavy atom. The summed E-state index contributed by atoms with van der Waals surface area (Å²) >= 11 is 0. The van der Waals surface area contributed by atoms with E-state index in [1.165, 1.54) is 12.8 Å². The Bertz CT molecular complexity index is 993. The molecule has 2 saturated heterocycles. The van der Waals surface area contributed by atoms with E-state index in [2.05, 4.69) is 15.3 Å². The van der Waals surface area contributed by atoms with Gasteiger partial charge in [-0.1, -0.05) is 18.2 Å². The van der Waals surface area contributed by atoms with Gasteiger partial charge in [0, 0.05) is 17.3 Å². The zero-order chi connectivity index (χ0) is 18.9. The molecule has 3 aromatic rings. The van der Waals surface area contributed by atoms with Crippen LogP contribution >= 0.6 is 0 Å². The van der Waals surface area contributed by atoms with Crippen molar-refractivity contribution in [2.24, 2.45) is 0 Å². The van der Waals surface area contributed by atoms with Crippen molar-refractivity contribution >= 4 is 11.4 Å². The highest BCUT2D eigenvalue weighted by atomic mass is 16.5. The summed E-state index contributed by atoms with van der Waals surface area (Å²) in [6.07, 6.45) is 6.24. The van der Waals surface area contributed by atoms with Crippen molar-refractivity contribution < 1.29 is 9.53 Å². The number of ether oxygens (including phenoxy) is 1. The maximum atomic E-state index is 12.9. The SMILES string of the molecule is O=C(N[C@H]1COC[C@@H]1N1CCCC1)c1cccc(-c2cnn3ccccc23)c1. The normalized spacial score (nSPS) is 22.7. The molecule has 0 bridgehead atoms. The first-order valence-electron chi connectivity index (χ1n) is 9.95. The summed E-state index contributed by atoms with van der Waals surface area (Å²) in [6, 6.07) is 14.1. The number of benzene rings is 1. The summed E-state index contributed by atoms with van der Waals surface area (Å²) in [5.41, 5.74) is 3.71. The van der Waals surface area contributed by atoms with E-state index in [-0.39, 0.29) is 18.0 Å². The first-order chi connectivity index (χ1) is 13.8. The van der Waals surface area contributed by atoms with Crippen molar-refractivity contribution in [3.8, 4) is 11.1 Å².